The van der Waals surface area contributed by atoms with Gasteiger partial charge in [0, 0.05) is 55.7 Å². The summed E-state index contributed by atoms with van der Waals surface area (Å²) in [5.74, 6) is 1.97. The first kappa shape index (κ1) is 37.8. The molecular formula is C34H63NO6. The van der Waals surface area contributed by atoms with E-state index < -0.39 is 0 Å². The van der Waals surface area contributed by atoms with E-state index in [9.17, 15) is 5.11 Å². The first-order valence-corrected chi connectivity index (χ1v) is 15.7. The molecule has 0 amide bonds. The third kappa shape index (κ3) is 18.1. The first-order chi connectivity index (χ1) is 19.3. The van der Waals surface area contributed by atoms with E-state index >= 15 is 0 Å². The number of likely N-dealkylation sites (N-methyl/N-ethyl adjacent to an activating group) is 1. The third-order valence-corrected chi connectivity index (χ3v) is 6.92. The molecule has 0 aliphatic carbocycles. The Kier molecular flexibility index (Phi) is 19.0. The second-order valence-corrected chi connectivity index (χ2v) is 13.7. The summed E-state index contributed by atoms with van der Waals surface area (Å²) >= 11 is 0. The van der Waals surface area contributed by atoms with E-state index in [1.165, 1.54) is 5.56 Å². The lowest BCUT2D eigenvalue weighted by atomic mass is 9.86. The molecule has 4 unspecified atom stereocenters. The molecule has 0 saturated carbocycles. The highest BCUT2D eigenvalue weighted by Gasteiger charge is 2.18. The number of phenols is 1. The van der Waals surface area contributed by atoms with Crippen LogP contribution in [0.2, 0.25) is 0 Å². The molecule has 0 spiro atoms. The lowest BCUT2D eigenvalue weighted by molar-refractivity contribution is -0.00546. The maximum Gasteiger partial charge on any atom is 0.120 e. The quantitative estimate of drug-likeness (QED) is 0.147. The number of phenolic OH excluding ortho intramolecular Hbond substituents is 1. The number of benzene rings is 1. The van der Waals surface area contributed by atoms with Crippen LogP contribution in [0, 0.1) is 23.7 Å². The van der Waals surface area contributed by atoms with Crippen molar-refractivity contribution in [1.82, 2.24) is 4.90 Å². The van der Waals surface area contributed by atoms with E-state index in [-0.39, 0.29) is 11.5 Å². The first-order valence-electron chi connectivity index (χ1n) is 15.7. The van der Waals surface area contributed by atoms with Gasteiger partial charge in [0.05, 0.1) is 46.2 Å². The standard InChI is InChI=1S/C34H63NO6/c1-26(2)18-37-14-11-15-38-19-27(3)20-39-21-28(4)22-40-23-29(5)24-41-25-30(6)35(10)17-31-16-32(34(7,8)9)12-13-33(31)36/h12-13,16,26-30,36H,11,14-15,17-25H2,1-10H3. The van der Waals surface area contributed by atoms with Crippen molar-refractivity contribution in [3.05, 3.63) is 29.3 Å². The minimum Gasteiger partial charge on any atom is -0.508 e. The lowest BCUT2D eigenvalue weighted by Gasteiger charge is -2.27. The van der Waals surface area contributed by atoms with E-state index in [0.717, 1.165) is 31.8 Å². The van der Waals surface area contributed by atoms with Crippen LogP contribution < -0.4 is 0 Å². The molecule has 1 N–H and O–H groups in total. The van der Waals surface area contributed by atoms with Gasteiger partial charge in [0.15, 0.2) is 0 Å². The molecule has 41 heavy (non-hydrogen) atoms. The summed E-state index contributed by atoms with van der Waals surface area (Å²) in [6.45, 7) is 27.3. The molecule has 0 radical (unpaired) electrons. The maximum absolute atomic E-state index is 10.4. The van der Waals surface area contributed by atoms with Crippen LogP contribution >= 0.6 is 0 Å². The second kappa shape index (κ2) is 20.6. The fourth-order valence-corrected chi connectivity index (χ4v) is 4.12. The molecule has 0 fully saturated rings. The lowest BCUT2D eigenvalue weighted by Crippen LogP contribution is -2.33. The van der Waals surface area contributed by atoms with E-state index in [1.807, 2.05) is 12.1 Å². The molecule has 0 bridgehead atoms. The predicted molar refractivity (Wildman–Crippen MR) is 169 cm³/mol. The van der Waals surface area contributed by atoms with Crippen LogP contribution in [-0.2, 0) is 35.6 Å². The highest BCUT2D eigenvalue weighted by atomic mass is 16.5. The van der Waals surface area contributed by atoms with Crippen LogP contribution in [0.3, 0.4) is 0 Å². The maximum atomic E-state index is 10.4. The smallest absolute Gasteiger partial charge is 0.120 e. The van der Waals surface area contributed by atoms with Gasteiger partial charge in [-0.05, 0) is 43.4 Å². The van der Waals surface area contributed by atoms with Gasteiger partial charge in [-0.15, -0.1) is 0 Å². The number of rotatable bonds is 23. The molecule has 1 aromatic carbocycles. The van der Waals surface area contributed by atoms with Crippen LogP contribution in [-0.4, -0.2) is 89.2 Å². The van der Waals surface area contributed by atoms with Gasteiger partial charge in [-0.2, -0.15) is 0 Å². The Balaban J connectivity index is 2.12. The number of nitrogens with zero attached hydrogens (tertiary/aromatic N) is 1. The fraction of sp³-hybridized carbons (Fsp3) is 0.824. The molecular weight excluding hydrogens is 518 g/mol. The molecule has 7 nitrogen and oxygen atoms in total. The molecule has 0 aromatic heterocycles. The number of hydrogen-bond acceptors (Lipinski definition) is 7. The summed E-state index contributed by atoms with van der Waals surface area (Å²) in [6.07, 6.45) is 0.937. The molecule has 1 aromatic rings. The number of ether oxygens (including phenoxy) is 5. The van der Waals surface area contributed by atoms with Gasteiger partial charge in [0.2, 0.25) is 0 Å². The summed E-state index contributed by atoms with van der Waals surface area (Å²) in [6, 6.07) is 6.17. The van der Waals surface area contributed by atoms with Crippen molar-refractivity contribution in [1.29, 1.82) is 0 Å². The Bertz CT molecular complexity index is 796. The molecule has 240 valence electrons. The predicted octanol–water partition coefficient (Wildman–Crippen LogP) is 6.55. The zero-order valence-corrected chi connectivity index (χ0v) is 28.0. The van der Waals surface area contributed by atoms with E-state index in [1.54, 1.807) is 0 Å². The normalized spacial score (nSPS) is 15.4. The zero-order valence-electron chi connectivity index (χ0n) is 28.0. The summed E-state index contributed by atoms with van der Waals surface area (Å²) in [7, 11) is 2.08. The van der Waals surface area contributed by atoms with Crippen molar-refractivity contribution in [2.45, 2.75) is 86.7 Å². The Morgan fingerprint density at radius 3 is 1.63 bits per heavy atom. The number of aromatic hydroxyl groups is 1. The average molecular weight is 582 g/mol. The molecule has 7 heteroatoms. The van der Waals surface area contributed by atoms with Crippen LogP contribution in [0.1, 0.15) is 79.9 Å². The van der Waals surface area contributed by atoms with Crippen molar-refractivity contribution < 1.29 is 28.8 Å². The highest BCUT2D eigenvalue weighted by Crippen LogP contribution is 2.28. The molecule has 0 heterocycles. The molecule has 0 aliphatic rings. The topological polar surface area (TPSA) is 69.6 Å². The van der Waals surface area contributed by atoms with Crippen molar-refractivity contribution >= 4 is 0 Å². The van der Waals surface area contributed by atoms with Crippen molar-refractivity contribution in [3.63, 3.8) is 0 Å². The monoisotopic (exact) mass is 581 g/mol. The van der Waals surface area contributed by atoms with Crippen molar-refractivity contribution in [2.24, 2.45) is 23.7 Å². The van der Waals surface area contributed by atoms with Gasteiger partial charge in [0.25, 0.3) is 0 Å². The summed E-state index contributed by atoms with van der Waals surface area (Å²) in [5.41, 5.74) is 2.23. The van der Waals surface area contributed by atoms with Crippen molar-refractivity contribution in [2.75, 3.05) is 73.1 Å². The average Bonchev–Trinajstić information content (AvgIpc) is 2.88. The fourth-order valence-electron chi connectivity index (χ4n) is 4.12. The van der Waals surface area contributed by atoms with Gasteiger partial charge >= 0.3 is 0 Å². The van der Waals surface area contributed by atoms with Crippen LogP contribution in [0.15, 0.2) is 18.2 Å². The van der Waals surface area contributed by atoms with Crippen molar-refractivity contribution in [3.8, 4) is 5.75 Å². The third-order valence-electron chi connectivity index (χ3n) is 6.92. The Labute approximate surface area is 252 Å². The van der Waals surface area contributed by atoms with Crippen LogP contribution in [0.25, 0.3) is 0 Å². The Morgan fingerprint density at radius 2 is 1.15 bits per heavy atom. The second-order valence-electron chi connectivity index (χ2n) is 13.7. The summed E-state index contributed by atoms with van der Waals surface area (Å²) in [4.78, 5) is 2.22. The number of hydrogen-bond donors (Lipinski definition) is 1. The Hall–Kier alpha value is -1.22. The molecule has 4 atom stereocenters. The minimum absolute atomic E-state index is 0.0511. The molecule has 1 rings (SSSR count). The van der Waals surface area contributed by atoms with Crippen LogP contribution in [0.4, 0.5) is 0 Å². The van der Waals surface area contributed by atoms with Gasteiger partial charge < -0.3 is 28.8 Å². The van der Waals surface area contributed by atoms with Gasteiger partial charge in [0.1, 0.15) is 5.75 Å². The van der Waals surface area contributed by atoms with E-state index in [0.29, 0.717) is 82.2 Å². The minimum atomic E-state index is 0.0511. The Morgan fingerprint density at radius 1 is 0.683 bits per heavy atom. The SMILES string of the molecule is CC(C)COCCCOCC(C)COCC(C)COCC(C)COCC(C)N(C)Cc1cc(C(C)(C)C)ccc1O. The summed E-state index contributed by atoms with van der Waals surface area (Å²) < 4.78 is 29.2. The largest absolute Gasteiger partial charge is 0.508 e. The molecule has 0 saturated heterocycles. The highest BCUT2D eigenvalue weighted by molar-refractivity contribution is 5.38. The molecule has 0 aliphatic heterocycles. The van der Waals surface area contributed by atoms with Gasteiger partial charge in [-0.25, -0.2) is 0 Å². The van der Waals surface area contributed by atoms with Gasteiger partial charge in [-0.3, -0.25) is 4.90 Å². The van der Waals surface area contributed by atoms with E-state index in [2.05, 4.69) is 80.3 Å². The van der Waals surface area contributed by atoms with Crippen LogP contribution in [0.5, 0.6) is 5.75 Å². The summed E-state index contributed by atoms with van der Waals surface area (Å²) in [5, 5.41) is 10.4. The van der Waals surface area contributed by atoms with Gasteiger partial charge in [-0.1, -0.05) is 67.5 Å². The van der Waals surface area contributed by atoms with E-state index in [4.69, 9.17) is 23.7 Å². The zero-order chi connectivity index (χ0) is 30.8.